The number of hydrogen-bond acceptors (Lipinski definition) is 3. The minimum atomic E-state index is 0.543. The van der Waals surface area contributed by atoms with Gasteiger partial charge in [-0.1, -0.05) is 30.4 Å². The number of nitrogens with one attached hydrogen (secondary N) is 2. The molecule has 0 unspecified atom stereocenters. The highest BCUT2D eigenvalue weighted by atomic mass is 16.3. The predicted molar refractivity (Wildman–Crippen MR) is 113 cm³/mol. The molecule has 6 heteroatoms. The van der Waals surface area contributed by atoms with E-state index < -0.39 is 0 Å². The van der Waals surface area contributed by atoms with Crippen LogP contribution in [-0.4, -0.2) is 28.8 Å². The Morgan fingerprint density at radius 2 is 2.04 bits per heavy atom. The fourth-order valence-corrected chi connectivity index (χ4v) is 2.75. The number of rotatable bonds is 8. The van der Waals surface area contributed by atoms with Gasteiger partial charge in [0.25, 0.3) is 0 Å². The van der Waals surface area contributed by atoms with Gasteiger partial charge >= 0.3 is 0 Å². The topological polar surface area (TPSA) is 67.4 Å². The molecular weight excluding hydrogens is 350 g/mol. The lowest BCUT2D eigenvalue weighted by molar-refractivity contribution is 0.507. The standard InChI is InChI=1S/C22H27N5O/c1-17(2)15-24-22(23-12-10-20-8-6-14-28-20)25-16-19-7-4-5-9-21(19)27-13-11-18(3)26-27/h4-9,11,13-14H,1,10,12,15-16H2,2-3H3,(H2,23,24,25). The van der Waals surface area contributed by atoms with Crippen LogP contribution in [0.2, 0.25) is 0 Å². The van der Waals surface area contributed by atoms with E-state index in [1.807, 2.05) is 55.1 Å². The molecule has 0 saturated carbocycles. The molecule has 0 amide bonds. The lowest BCUT2D eigenvalue weighted by Crippen LogP contribution is -2.39. The number of hydrogen-bond donors (Lipinski definition) is 2. The van der Waals surface area contributed by atoms with Crippen molar-refractivity contribution in [3.63, 3.8) is 0 Å². The highest BCUT2D eigenvalue weighted by molar-refractivity contribution is 5.80. The third-order valence-corrected chi connectivity index (χ3v) is 4.17. The van der Waals surface area contributed by atoms with Gasteiger partial charge in [0.1, 0.15) is 5.76 Å². The van der Waals surface area contributed by atoms with E-state index in [1.54, 1.807) is 6.26 Å². The first-order valence-electron chi connectivity index (χ1n) is 9.41. The number of benzene rings is 1. The SMILES string of the molecule is C=C(C)CNC(=NCc1ccccc1-n1ccc(C)n1)NCCc1ccco1. The van der Waals surface area contributed by atoms with Gasteiger partial charge in [0.2, 0.25) is 0 Å². The largest absolute Gasteiger partial charge is 0.469 e. The second-order valence-corrected chi connectivity index (χ2v) is 6.76. The molecular formula is C22H27N5O. The van der Waals surface area contributed by atoms with Crippen LogP contribution < -0.4 is 10.6 Å². The molecule has 0 aliphatic rings. The first-order valence-corrected chi connectivity index (χ1v) is 9.41. The number of aromatic nitrogens is 2. The molecule has 3 aromatic rings. The van der Waals surface area contributed by atoms with Crippen molar-refractivity contribution < 1.29 is 4.42 Å². The highest BCUT2D eigenvalue weighted by Crippen LogP contribution is 2.15. The molecule has 6 nitrogen and oxygen atoms in total. The molecule has 0 radical (unpaired) electrons. The van der Waals surface area contributed by atoms with Gasteiger partial charge in [-0.05, 0) is 43.7 Å². The van der Waals surface area contributed by atoms with Gasteiger partial charge in [-0.2, -0.15) is 5.10 Å². The summed E-state index contributed by atoms with van der Waals surface area (Å²) in [4.78, 5) is 4.76. The summed E-state index contributed by atoms with van der Waals surface area (Å²) in [6.45, 7) is 9.87. The molecule has 2 heterocycles. The third-order valence-electron chi connectivity index (χ3n) is 4.17. The monoisotopic (exact) mass is 377 g/mol. The van der Waals surface area contributed by atoms with Crippen LogP contribution in [-0.2, 0) is 13.0 Å². The molecule has 2 aromatic heterocycles. The van der Waals surface area contributed by atoms with E-state index >= 15 is 0 Å². The van der Waals surface area contributed by atoms with Crippen LogP contribution in [0.25, 0.3) is 5.69 Å². The maximum Gasteiger partial charge on any atom is 0.191 e. The second kappa shape index (κ2) is 9.60. The Kier molecular flexibility index (Phi) is 6.68. The van der Waals surface area contributed by atoms with E-state index in [-0.39, 0.29) is 0 Å². The van der Waals surface area contributed by atoms with Crippen molar-refractivity contribution in [1.82, 2.24) is 20.4 Å². The maximum atomic E-state index is 5.39. The van der Waals surface area contributed by atoms with Crippen molar-refractivity contribution in [2.45, 2.75) is 26.8 Å². The van der Waals surface area contributed by atoms with Gasteiger partial charge in [0.15, 0.2) is 5.96 Å². The Balaban J connectivity index is 1.70. The number of para-hydroxylation sites is 1. The molecule has 1 aromatic carbocycles. The fourth-order valence-electron chi connectivity index (χ4n) is 2.75. The fraction of sp³-hybridized carbons (Fsp3) is 0.273. The van der Waals surface area contributed by atoms with Crippen LogP contribution in [0.3, 0.4) is 0 Å². The van der Waals surface area contributed by atoms with Gasteiger partial charge < -0.3 is 15.1 Å². The number of furan rings is 1. The van der Waals surface area contributed by atoms with Gasteiger partial charge in [0.05, 0.1) is 24.2 Å². The van der Waals surface area contributed by atoms with Crippen molar-refractivity contribution in [2.24, 2.45) is 4.99 Å². The molecule has 0 spiro atoms. The van der Waals surface area contributed by atoms with Gasteiger partial charge in [0, 0.05) is 25.7 Å². The highest BCUT2D eigenvalue weighted by Gasteiger charge is 2.06. The summed E-state index contributed by atoms with van der Waals surface area (Å²) < 4.78 is 7.28. The van der Waals surface area contributed by atoms with E-state index in [0.29, 0.717) is 13.1 Å². The average molecular weight is 377 g/mol. The average Bonchev–Trinajstić information content (AvgIpc) is 3.35. The van der Waals surface area contributed by atoms with Crippen molar-refractivity contribution in [3.8, 4) is 5.69 Å². The lowest BCUT2D eigenvalue weighted by Gasteiger charge is -2.13. The summed E-state index contributed by atoms with van der Waals surface area (Å²) in [7, 11) is 0. The first-order chi connectivity index (χ1) is 13.6. The van der Waals surface area contributed by atoms with Gasteiger partial charge in [-0.15, -0.1) is 0 Å². The quantitative estimate of drug-likeness (QED) is 0.357. The van der Waals surface area contributed by atoms with Gasteiger partial charge in [-0.3, -0.25) is 0 Å². The Morgan fingerprint density at radius 3 is 2.75 bits per heavy atom. The van der Waals surface area contributed by atoms with Crippen LogP contribution in [0.5, 0.6) is 0 Å². The molecule has 0 aliphatic carbocycles. The Morgan fingerprint density at radius 1 is 1.18 bits per heavy atom. The Labute approximate surface area is 166 Å². The Hall–Kier alpha value is -3.28. The van der Waals surface area contributed by atoms with Gasteiger partial charge in [-0.25, -0.2) is 9.67 Å². The number of nitrogens with zero attached hydrogens (tertiary/aromatic N) is 3. The van der Waals surface area contributed by atoms with E-state index in [2.05, 4.69) is 34.4 Å². The van der Waals surface area contributed by atoms with Crippen LogP contribution in [0.4, 0.5) is 0 Å². The van der Waals surface area contributed by atoms with E-state index in [4.69, 9.17) is 9.41 Å². The molecule has 0 atom stereocenters. The minimum absolute atomic E-state index is 0.543. The molecule has 0 saturated heterocycles. The number of guanidine groups is 1. The molecule has 2 N–H and O–H groups in total. The number of aliphatic imine (C=N–C) groups is 1. The van der Waals surface area contributed by atoms with Crippen molar-refractivity contribution in [2.75, 3.05) is 13.1 Å². The van der Waals surface area contributed by atoms with Crippen LogP contribution in [0, 0.1) is 6.92 Å². The summed E-state index contributed by atoms with van der Waals surface area (Å²) >= 11 is 0. The first kappa shape index (κ1) is 19.5. The third kappa shape index (κ3) is 5.61. The van der Waals surface area contributed by atoms with E-state index in [9.17, 15) is 0 Å². The van der Waals surface area contributed by atoms with E-state index in [0.717, 1.165) is 47.2 Å². The summed E-state index contributed by atoms with van der Waals surface area (Å²) in [5.41, 5.74) is 4.18. The van der Waals surface area contributed by atoms with Crippen molar-refractivity contribution in [3.05, 3.63) is 84.1 Å². The smallest absolute Gasteiger partial charge is 0.191 e. The minimum Gasteiger partial charge on any atom is -0.469 e. The molecule has 28 heavy (non-hydrogen) atoms. The van der Waals surface area contributed by atoms with Crippen LogP contribution >= 0.6 is 0 Å². The van der Waals surface area contributed by atoms with E-state index in [1.165, 1.54) is 0 Å². The molecule has 0 bridgehead atoms. The van der Waals surface area contributed by atoms with Crippen molar-refractivity contribution >= 4 is 5.96 Å². The normalized spacial score (nSPS) is 11.4. The Bertz CT molecular complexity index is 924. The molecule has 3 rings (SSSR count). The predicted octanol–water partition coefficient (Wildman–Crippen LogP) is 3.63. The van der Waals surface area contributed by atoms with Crippen LogP contribution in [0.1, 0.15) is 23.9 Å². The summed E-state index contributed by atoms with van der Waals surface area (Å²) in [6, 6.07) is 14.0. The van der Waals surface area contributed by atoms with Crippen molar-refractivity contribution in [1.29, 1.82) is 0 Å². The summed E-state index contributed by atoms with van der Waals surface area (Å²) in [5, 5.41) is 11.2. The molecule has 0 aliphatic heterocycles. The zero-order valence-electron chi connectivity index (χ0n) is 16.5. The summed E-state index contributed by atoms with van der Waals surface area (Å²) in [6.07, 6.45) is 4.46. The second-order valence-electron chi connectivity index (χ2n) is 6.76. The van der Waals surface area contributed by atoms with Crippen LogP contribution in [0.15, 0.2) is 76.5 Å². The summed E-state index contributed by atoms with van der Waals surface area (Å²) in [5.74, 6) is 1.70. The molecule has 146 valence electrons. The maximum absolute atomic E-state index is 5.39. The molecule has 0 fully saturated rings. The lowest BCUT2D eigenvalue weighted by atomic mass is 10.2. The number of aryl methyl sites for hydroxylation is 1. The zero-order chi connectivity index (χ0) is 19.8. The zero-order valence-corrected chi connectivity index (χ0v) is 16.5.